The fourth-order valence-electron chi connectivity index (χ4n) is 2.11. The Balaban J connectivity index is 2.07. The van der Waals surface area contributed by atoms with Crippen LogP contribution in [-0.2, 0) is 17.8 Å². The summed E-state index contributed by atoms with van der Waals surface area (Å²) in [5.41, 5.74) is 2.05. The molecule has 0 aliphatic carbocycles. The molecule has 2 aromatic rings. The zero-order valence-corrected chi connectivity index (χ0v) is 12.5. The predicted molar refractivity (Wildman–Crippen MR) is 81.6 cm³/mol. The molecule has 0 saturated heterocycles. The van der Waals surface area contributed by atoms with E-state index in [0.29, 0.717) is 24.7 Å². The molecule has 4 nitrogen and oxygen atoms in total. The van der Waals surface area contributed by atoms with Crippen LogP contribution in [0.4, 0.5) is 0 Å². The maximum Gasteiger partial charge on any atom is 0.230 e. The summed E-state index contributed by atoms with van der Waals surface area (Å²) in [7, 11) is 0. The van der Waals surface area contributed by atoms with Crippen molar-refractivity contribution in [1.82, 2.24) is 9.88 Å². The molecule has 0 saturated carbocycles. The molecule has 2 rings (SSSR count). The number of carbonyl (C=O) groups excluding carboxylic acids is 1. The van der Waals surface area contributed by atoms with Gasteiger partial charge in [0.15, 0.2) is 5.89 Å². The Morgan fingerprint density at radius 2 is 2.05 bits per heavy atom. The van der Waals surface area contributed by atoms with Crippen molar-refractivity contribution >= 4 is 5.91 Å². The van der Waals surface area contributed by atoms with Gasteiger partial charge in [0.2, 0.25) is 5.91 Å². The van der Waals surface area contributed by atoms with Crippen molar-refractivity contribution in [1.29, 1.82) is 0 Å². The molecule has 1 aromatic heterocycles. The van der Waals surface area contributed by atoms with Crippen molar-refractivity contribution < 1.29 is 9.21 Å². The van der Waals surface area contributed by atoms with Gasteiger partial charge in [0, 0.05) is 20.0 Å². The van der Waals surface area contributed by atoms with Crippen LogP contribution in [0.25, 0.3) is 0 Å². The average Bonchev–Trinajstić information content (AvgIpc) is 2.84. The third-order valence-corrected chi connectivity index (χ3v) is 3.02. The van der Waals surface area contributed by atoms with E-state index in [1.165, 1.54) is 0 Å². The third-order valence-electron chi connectivity index (χ3n) is 3.02. The Hall–Kier alpha value is -2.36. The summed E-state index contributed by atoms with van der Waals surface area (Å²) >= 11 is 0. The van der Waals surface area contributed by atoms with Gasteiger partial charge in [-0.05, 0) is 12.5 Å². The molecule has 0 spiro atoms. The van der Waals surface area contributed by atoms with Gasteiger partial charge in [-0.1, -0.05) is 42.5 Å². The Labute approximate surface area is 125 Å². The number of amides is 1. The van der Waals surface area contributed by atoms with Gasteiger partial charge in [0.1, 0.15) is 5.76 Å². The number of aromatic nitrogens is 1. The summed E-state index contributed by atoms with van der Waals surface area (Å²) < 4.78 is 5.38. The number of aryl methyl sites for hydroxylation is 1. The number of benzene rings is 1. The van der Waals surface area contributed by atoms with Gasteiger partial charge in [-0.2, -0.15) is 0 Å². The molecular weight excluding hydrogens is 264 g/mol. The molecule has 1 amide bonds. The lowest BCUT2D eigenvalue weighted by molar-refractivity contribution is -0.130. The SMILES string of the molecule is C=C(C)CN(Cc1ccccc1)C(=O)Cc1cnc(C)o1. The van der Waals surface area contributed by atoms with Crippen molar-refractivity contribution in [2.45, 2.75) is 26.8 Å². The first-order valence-electron chi connectivity index (χ1n) is 6.92. The lowest BCUT2D eigenvalue weighted by atomic mass is 10.2. The van der Waals surface area contributed by atoms with Crippen molar-refractivity contribution in [3.05, 3.63) is 65.9 Å². The number of hydrogen-bond donors (Lipinski definition) is 0. The van der Waals surface area contributed by atoms with Crippen LogP contribution in [0.1, 0.15) is 24.1 Å². The van der Waals surface area contributed by atoms with Gasteiger partial charge in [-0.15, -0.1) is 0 Å². The van der Waals surface area contributed by atoms with Crippen LogP contribution in [0.3, 0.4) is 0 Å². The normalized spacial score (nSPS) is 10.4. The van der Waals surface area contributed by atoms with Crippen molar-refractivity contribution in [3.8, 4) is 0 Å². The highest BCUT2D eigenvalue weighted by molar-refractivity contribution is 5.78. The summed E-state index contributed by atoms with van der Waals surface area (Å²) in [5.74, 6) is 1.18. The Kier molecular flexibility index (Phi) is 4.93. The van der Waals surface area contributed by atoms with E-state index in [1.54, 1.807) is 18.0 Å². The molecule has 0 unspecified atom stereocenters. The Bertz CT molecular complexity index is 617. The second-order valence-corrected chi connectivity index (χ2v) is 5.21. The standard InChI is InChI=1S/C17H20N2O2/c1-13(2)11-19(12-15-7-5-4-6-8-15)17(20)9-16-10-18-14(3)21-16/h4-8,10H,1,9,11-12H2,2-3H3. The van der Waals surface area contributed by atoms with E-state index in [-0.39, 0.29) is 12.3 Å². The van der Waals surface area contributed by atoms with E-state index in [0.717, 1.165) is 11.1 Å². The zero-order valence-electron chi connectivity index (χ0n) is 12.5. The molecule has 0 radical (unpaired) electrons. The quantitative estimate of drug-likeness (QED) is 0.766. The van der Waals surface area contributed by atoms with Crippen molar-refractivity contribution in [2.75, 3.05) is 6.54 Å². The Morgan fingerprint density at radius 3 is 2.62 bits per heavy atom. The summed E-state index contributed by atoms with van der Waals surface area (Å²) in [6.07, 6.45) is 1.83. The van der Waals surface area contributed by atoms with Gasteiger partial charge in [0.25, 0.3) is 0 Å². The molecule has 0 bridgehead atoms. The summed E-state index contributed by atoms with van der Waals surface area (Å²) in [5, 5.41) is 0. The van der Waals surface area contributed by atoms with Crippen LogP contribution in [-0.4, -0.2) is 22.3 Å². The lowest BCUT2D eigenvalue weighted by Gasteiger charge is -2.22. The first kappa shape index (κ1) is 15.0. The molecule has 0 aliphatic heterocycles. The number of nitrogens with zero attached hydrogens (tertiary/aromatic N) is 2. The van der Waals surface area contributed by atoms with Crippen LogP contribution >= 0.6 is 0 Å². The second kappa shape index (κ2) is 6.88. The number of carbonyl (C=O) groups is 1. The van der Waals surface area contributed by atoms with E-state index >= 15 is 0 Å². The maximum absolute atomic E-state index is 12.5. The fraction of sp³-hybridized carbons (Fsp3) is 0.294. The van der Waals surface area contributed by atoms with Gasteiger partial charge in [-0.3, -0.25) is 4.79 Å². The monoisotopic (exact) mass is 284 g/mol. The first-order chi connectivity index (χ1) is 10.0. The van der Waals surface area contributed by atoms with E-state index in [4.69, 9.17) is 4.42 Å². The molecular formula is C17H20N2O2. The van der Waals surface area contributed by atoms with E-state index in [9.17, 15) is 4.79 Å². The van der Waals surface area contributed by atoms with Crippen molar-refractivity contribution in [3.63, 3.8) is 0 Å². The minimum Gasteiger partial charge on any atom is -0.446 e. The molecule has 0 atom stereocenters. The highest BCUT2D eigenvalue weighted by atomic mass is 16.4. The Morgan fingerprint density at radius 1 is 1.33 bits per heavy atom. The maximum atomic E-state index is 12.5. The van der Waals surface area contributed by atoms with Gasteiger partial charge < -0.3 is 9.32 Å². The fourth-order valence-corrected chi connectivity index (χ4v) is 2.11. The van der Waals surface area contributed by atoms with Gasteiger partial charge in [0.05, 0.1) is 12.6 Å². The average molecular weight is 284 g/mol. The minimum atomic E-state index is 0.0120. The van der Waals surface area contributed by atoms with E-state index < -0.39 is 0 Å². The van der Waals surface area contributed by atoms with E-state index in [2.05, 4.69) is 11.6 Å². The van der Waals surface area contributed by atoms with Crippen LogP contribution in [0.2, 0.25) is 0 Å². The smallest absolute Gasteiger partial charge is 0.230 e. The molecule has 0 N–H and O–H groups in total. The van der Waals surface area contributed by atoms with Gasteiger partial charge >= 0.3 is 0 Å². The largest absolute Gasteiger partial charge is 0.446 e. The molecule has 0 aliphatic rings. The molecule has 110 valence electrons. The highest BCUT2D eigenvalue weighted by Crippen LogP contribution is 2.11. The molecule has 1 aromatic carbocycles. The zero-order chi connectivity index (χ0) is 15.2. The first-order valence-corrected chi connectivity index (χ1v) is 6.92. The van der Waals surface area contributed by atoms with E-state index in [1.807, 2.05) is 37.3 Å². The highest BCUT2D eigenvalue weighted by Gasteiger charge is 2.16. The molecule has 0 fully saturated rings. The van der Waals surface area contributed by atoms with Gasteiger partial charge in [-0.25, -0.2) is 4.98 Å². The molecule has 1 heterocycles. The van der Waals surface area contributed by atoms with Crippen LogP contribution < -0.4 is 0 Å². The number of rotatable bonds is 6. The van der Waals surface area contributed by atoms with Crippen LogP contribution in [0.15, 0.2) is 53.1 Å². The minimum absolute atomic E-state index is 0.0120. The number of hydrogen-bond acceptors (Lipinski definition) is 3. The third kappa shape index (κ3) is 4.60. The summed E-state index contributed by atoms with van der Waals surface area (Å²) in [6, 6.07) is 9.93. The molecule has 21 heavy (non-hydrogen) atoms. The summed E-state index contributed by atoms with van der Waals surface area (Å²) in [6.45, 7) is 8.70. The lowest BCUT2D eigenvalue weighted by Crippen LogP contribution is -2.33. The predicted octanol–water partition coefficient (Wildman–Crippen LogP) is 3.13. The second-order valence-electron chi connectivity index (χ2n) is 5.21. The van der Waals surface area contributed by atoms with Crippen LogP contribution in [0, 0.1) is 6.92 Å². The van der Waals surface area contributed by atoms with Crippen LogP contribution in [0.5, 0.6) is 0 Å². The summed E-state index contributed by atoms with van der Waals surface area (Å²) in [4.78, 5) is 18.3. The topological polar surface area (TPSA) is 46.3 Å². The number of oxazole rings is 1. The molecule has 4 heteroatoms. The van der Waals surface area contributed by atoms with Crippen molar-refractivity contribution in [2.24, 2.45) is 0 Å².